The van der Waals surface area contributed by atoms with Crippen molar-refractivity contribution in [2.24, 2.45) is 17.6 Å². The van der Waals surface area contributed by atoms with Crippen LogP contribution in [0.3, 0.4) is 0 Å². The second-order valence-corrected chi connectivity index (χ2v) is 7.10. The van der Waals surface area contributed by atoms with Gasteiger partial charge in [0.25, 0.3) is 0 Å². The van der Waals surface area contributed by atoms with Crippen LogP contribution in [0.1, 0.15) is 74.7 Å². The minimum absolute atomic E-state index is 0.0908. The molecule has 0 amide bonds. The summed E-state index contributed by atoms with van der Waals surface area (Å²) in [6, 6.07) is 0. The van der Waals surface area contributed by atoms with Gasteiger partial charge in [-0.3, -0.25) is 4.90 Å². The van der Waals surface area contributed by atoms with E-state index in [9.17, 15) is 0 Å². The molecule has 1 heterocycles. The Morgan fingerprint density at radius 1 is 0.842 bits per heavy atom. The van der Waals surface area contributed by atoms with Crippen LogP contribution >= 0.6 is 0 Å². The first-order valence-corrected chi connectivity index (χ1v) is 8.21. The molecular weight excluding hydrogens is 232 g/mol. The number of likely N-dealkylation sites (tertiary alicyclic amines) is 1. The Morgan fingerprint density at radius 2 is 1.26 bits per heavy atom. The molecule has 1 fully saturated rings. The molecule has 0 aliphatic carbocycles. The van der Waals surface area contributed by atoms with Gasteiger partial charge in [-0.15, -0.1) is 0 Å². The van der Waals surface area contributed by atoms with E-state index in [2.05, 4.69) is 46.4 Å². The van der Waals surface area contributed by atoms with Gasteiger partial charge in [0.2, 0.25) is 0 Å². The Kier molecular flexibility index (Phi) is 7.60. The summed E-state index contributed by atoms with van der Waals surface area (Å²) >= 11 is 0. The second-order valence-electron chi connectivity index (χ2n) is 7.10. The third kappa shape index (κ3) is 5.07. The van der Waals surface area contributed by atoms with Crippen LogP contribution in [0.5, 0.6) is 0 Å². The quantitative estimate of drug-likeness (QED) is 0.826. The van der Waals surface area contributed by atoms with Gasteiger partial charge in [-0.1, -0.05) is 34.1 Å². The molecule has 2 atom stereocenters. The average molecular weight is 271 g/mol. The van der Waals surface area contributed by atoms with Crippen molar-refractivity contribution in [3.05, 3.63) is 0 Å². The van der Waals surface area contributed by atoms with Gasteiger partial charge in [0.1, 0.15) is 0 Å². The summed E-state index contributed by atoms with van der Waals surface area (Å²) in [5.41, 5.74) is 6.46. The van der Waals surface area contributed by atoms with E-state index in [1.54, 1.807) is 0 Å². The van der Waals surface area contributed by atoms with E-state index >= 15 is 0 Å². The van der Waals surface area contributed by atoms with E-state index < -0.39 is 0 Å². The number of hydrogen-bond donors (Lipinski definition) is 1. The van der Waals surface area contributed by atoms with Crippen LogP contribution in [-0.2, 0) is 0 Å². The fourth-order valence-electron chi connectivity index (χ4n) is 3.01. The lowest BCUT2D eigenvalue weighted by Crippen LogP contribution is -2.56. The number of piperidine rings is 1. The number of nitrogens with zero attached hydrogens (tertiary/aromatic N) is 1. The Hall–Kier alpha value is -0.0800. The summed E-state index contributed by atoms with van der Waals surface area (Å²) in [4.78, 5) is 2.67. The summed E-state index contributed by atoms with van der Waals surface area (Å²) in [5, 5.41) is 0. The predicted molar refractivity (Wildman–Crippen MR) is 87.4 cm³/mol. The van der Waals surface area contributed by atoms with Crippen LogP contribution in [0, 0.1) is 11.8 Å². The molecule has 2 N–H and O–H groups in total. The van der Waals surface area contributed by atoms with Gasteiger partial charge in [-0.2, -0.15) is 0 Å². The smallest absolute Gasteiger partial charge is 0.0181 e. The standard InChI is InChI=1S/C15H32N2.C2H6/c1-12(14(3,4)16)13(2)15(5,6)17-10-8-7-9-11-17;1-2/h12-13H,7-11,16H2,1-6H3;1-2H3. The van der Waals surface area contributed by atoms with Gasteiger partial charge in [0.15, 0.2) is 0 Å². The monoisotopic (exact) mass is 270 g/mol. The van der Waals surface area contributed by atoms with Crippen molar-refractivity contribution < 1.29 is 0 Å². The molecule has 1 aliphatic heterocycles. The first kappa shape index (κ1) is 18.9. The first-order chi connectivity index (χ1) is 8.67. The van der Waals surface area contributed by atoms with Crippen LogP contribution in [0.2, 0.25) is 0 Å². The maximum atomic E-state index is 6.29. The molecule has 2 unspecified atom stereocenters. The molecule has 0 aromatic heterocycles. The highest BCUT2D eigenvalue weighted by molar-refractivity contribution is 4.95. The summed E-state index contributed by atoms with van der Waals surface area (Å²) in [6.45, 7) is 20.3. The van der Waals surface area contributed by atoms with Crippen molar-refractivity contribution in [3.8, 4) is 0 Å². The first-order valence-electron chi connectivity index (χ1n) is 8.21. The van der Waals surface area contributed by atoms with E-state index in [0.717, 1.165) is 0 Å². The van der Waals surface area contributed by atoms with E-state index in [1.165, 1.54) is 32.4 Å². The SMILES string of the molecule is CC.CC(C(C)C(C)(C)N1CCCCC1)C(C)(C)N. The minimum atomic E-state index is -0.0908. The molecule has 1 rings (SSSR count). The highest BCUT2D eigenvalue weighted by Gasteiger charge is 2.39. The van der Waals surface area contributed by atoms with Crippen molar-refractivity contribution in [2.75, 3.05) is 13.1 Å². The van der Waals surface area contributed by atoms with E-state index in [1.807, 2.05) is 13.8 Å². The van der Waals surface area contributed by atoms with Crippen molar-refractivity contribution in [2.45, 2.75) is 85.7 Å². The van der Waals surface area contributed by atoms with Crippen LogP contribution < -0.4 is 5.73 Å². The summed E-state index contributed by atoms with van der Waals surface area (Å²) < 4.78 is 0. The van der Waals surface area contributed by atoms with Crippen LogP contribution in [-0.4, -0.2) is 29.1 Å². The molecule has 0 radical (unpaired) electrons. The zero-order valence-electron chi connectivity index (χ0n) is 14.7. The maximum Gasteiger partial charge on any atom is 0.0181 e. The lowest BCUT2D eigenvalue weighted by Gasteiger charge is -2.49. The molecule has 2 heteroatoms. The predicted octanol–water partition coefficient (Wildman–Crippen LogP) is 4.29. The molecule has 1 aliphatic rings. The van der Waals surface area contributed by atoms with E-state index in [-0.39, 0.29) is 11.1 Å². The molecule has 1 saturated heterocycles. The highest BCUT2D eigenvalue weighted by atomic mass is 15.2. The third-order valence-corrected chi connectivity index (χ3v) is 5.21. The van der Waals surface area contributed by atoms with Gasteiger partial charge in [0, 0.05) is 11.1 Å². The molecule has 0 aromatic rings. The molecule has 0 bridgehead atoms. The molecular formula is C17H38N2. The van der Waals surface area contributed by atoms with Gasteiger partial charge in [0.05, 0.1) is 0 Å². The van der Waals surface area contributed by atoms with Crippen molar-refractivity contribution in [3.63, 3.8) is 0 Å². The number of nitrogens with two attached hydrogens (primary N) is 1. The Balaban J connectivity index is 0.00000154. The topological polar surface area (TPSA) is 29.3 Å². The minimum Gasteiger partial charge on any atom is -0.325 e. The van der Waals surface area contributed by atoms with Crippen molar-refractivity contribution >= 4 is 0 Å². The number of rotatable bonds is 4. The largest absolute Gasteiger partial charge is 0.325 e. The molecule has 116 valence electrons. The maximum absolute atomic E-state index is 6.29. The fraction of sp³-hybridized carbons (Fsp3) is 1.00. The Bertz CT molecular complexity index is 234. The van der Waals surface area contributed by atoms with Crippen LogP contribution in [0.25, 0.3) is 0 Å². The highest BCUT2D eigenvalue weighted by Crippen LogP contribution is 2.35. The zero-order chi connectivity index (χ0) is 15.3. The number of hydrogen-bond acceptors (Lipinski definition) is 2. The normalized spacial score (nSPS) is 21.3. The van der Waals surface area contributed by atoms with Crippen LogP contribution in [0.4, 0.5) is 0 Å². The lowest BCUT2D eigenvalue weighted by molar-refractivity contribution is 0.0165. The van der Waals surface area contributed by atoms with E-state index in [0.29, 0.717) is 11.8 Å². The van der Waals surface area contributed by atoms with Gasteiger partial charge in [-0.25, -0.2) is 0 Å². The summed E-state index contributed by atoms with van der Waals surface area (Å²) in [7, 11) is 0. The van der Waals surface area contributed by atoms with Gasteiger partial charge < -0.3 is 5.73 Å². The molecule has 0 aromatic carbocycles. The lowest BCUT2D eigenvalue weighted by atomic mass is 9.71. The van der Waals surface area contributed by atoms with Crippen molar-refractivity contribution in [1.82, 2.24) is 4.90 Å². The fourth-order valence-corrected chi connectivity index (χ4v) is 3.01. The molecule has 0 spiro atoms. The average Bonchev–Trinajstić information content (AvgIpc) is 2.39. The summed E-state index contributed by atoms with van der Waals surface area (Å²) in [5.74, 6) is 1.14. The molecule has 2 nitrogen and oxygen atoms in total. The third-order valence-electron chi connectivity index (χ3n) is 5.21. The van der Waals surface area contributed by atoms with E-state index in [4.69, 9.17) is 5.73 Å². The molecule has 0 saturated carbocycles. The summed E-state index contributed by atoms with van der Waals surface area (Å²) in [6.07, 6.45) is 4.12. The Morgan fingerprint density at radius 3 is 1.63 bits per heavy atom. The van der Waals surface area contributed by atoms with Gasteiger partial charge >= 0.3 is 0 Å². The molecule has 19 heavy (non-hydrogen) atoms. The van der Waals surface area contributed by atoms with Gasteiger partial charge in [-0.05, 0) is 65.5 Å². The zero-order valence-corrected chi connectivity index (χ0v) is 14.7. The second kappa shape index (κ2) is 7.64. The van der Waals surface area contributed by atoms with Crippen LogP contribution in [0.15, 0.2) is 0 Å². The van der Waals surface area contributed by atoms with Crippen molar-refractivity contribution in [1.29, 1.82) is 0 Å². The Labute approximate surface area is 122 Å².